The number of aromatic nitrogens is 4. The molecule has 0 atom stereocenters. The first-order valence-corrected chi connectivity index (χ1v) is 7.62. The molecule has 0 bridgehead atoms. The largest absolute Gasteiger partial charge is 0.311 e. The van der Waals surface area contributed by atoms with Gasteiger partial charge in [0.15, 0.2) is 5.65 Å². The van der Waals surface area contributed by atoms with Gasteiger partial charge in [0.05, 0.1) is 12.9 Å². The van der Waals surface area contributed by atoms with E-state index in [4.69, 9.17) is 0 Å². The summed E-state index contributed by atoms with van der Waals surface area (Å²) in [5.74, 6) is -0.145. The minimum absolute atomic E-state index is 0.145. The van der Waals surface area contributed by atoms with Crippen LogP contribution in [0.3, 0.4) is 0 Å². The highest BCUT2D eigenvalue weighted by Gasteiger charge is 2.17. The lowest BCUT2D eigenvalue weighted by Crippen LogP contribution is -2.06. The number of nitrogens with zero attached hydrogens (tertiary/aromatic N) is 4. The van der Waals surface area contributed by atoms with Crippen LogP contribution >= 0.6 is 0 Å². The summed E-state index contributed by atoms with van der Waals surface area (Å²) in [5.41, 5.74) is 3.26. The van der Waals surface area contributed by atoms with Crippen LogP contribution in [0.1, 0.15) is 21.6 Å². The molecule has 2 aromatic carbocycles. The summed E-state index contributed by atoms with van der Waals surface area (Å²) in [7, 11) is 0. The van der Waals surface area contributed by atoms with E-state index in [1.807, 2.05) is 53.1 Å². The van der Waals surface area contributed by atoms with Gasteiger partial charge < -0.3 is 4.57 Å². The van der Waals surface area contributed by atoms with Crippen LogP contribution in [0.2, 0.25) is 0 Å². The Morgan fingerprint density at radius 2 is 1.58 bits per heavy atom. The van der Waals surface area contributed by atoms with E-state index < -0.39 is 0 Å². The van der Waals surface area contributed by atoms with Crippen LogP contribution < -0.4 is 0 Å². The number of fused-ring (bicyclic) bond motifs is 1. The summed E-state index contributed by atoms with van der Waals surface area (Å²) < 4.78 is 1.92. The van der Waals surface area contributed by atoms with Crippen LogP contribution in [0, 0.1) is 0 Å². The van der Waals surface area contributed by atoms with Gasteiger partial charge in [0.1, 0.15) is 17.5 Å². The van der Waals surface area contributed by atoms with Gasteiger partial charge in [-0.05, 0) is 5.56 Å². The first kappa shape index (κ1) is 14.3. The van der Waals surface area contributed by atoms with Crippen LogP contribution in [0.4, 0.5) is 0 Å². The van der Waals surface area contributed by atoms with E-state index in [2.05, 4.69) is 15.0 Å². The Balaban J connectivity index is 1.75. The Morgan fingerprint density at radius 1 is 0.875 bits per heavy atom. The number of imidazole rings is 1. The molecular weight excluding hydrogens is 300 g/mol. The predicted octanol–water partition coefficient (Wildman–Crippen LogP) is 3.11. The Hall–Kier alpha value is -3.34. The Kier molecular flexibility index (Phi) is 3.59. The molecule has 24 heavy (non-hydrogen) atoms. The van der Waals surface area contributed by atoms with E-state index in [9.17, 15) is 4.79 Å². The molecule has 4 aromatic rings. The second-order valence-corrected chi connectivity index (χ2v) is 5.45. The Bertz CT molecular complexity index is 994. The summed E-state index contributed by atoms with van der Waals surface area (Å²) in [6.45, 7) is 0.646. The molecule has 0 N–H and O–H groups in total. The smallest absolute Gasteiger partial charge is 0.213 e. The highest BCUT2D eigenvalue weighted by molar-refractivity contribution is 6.13. The Morgan fingerprint density at radius 3 is 2.33 bits per heavy atom. The molecule has 2 aromatic heterocycles. The zero-order chi connectivity index (χ0) is 16.4. The average molecular weight is 314 g/mol. The first-order valence-electron chi connectivity index (χ1n) is 7.62. The van der Waals surface area contributed by atoms with Crippen molar-refractivity contribution in [2.24, 2.45) is 0 Å². The van der Waals surface area contributed by atoms with Gasteiger partial charge in [0, 0.05) is 5.56 Å². The zero-order valence-corrected chi connectivity index (χ0v) is 12.8. The molecule has 0 aliphatic heterocycles. The molecule has 0 radical (unpaired) electrons. The maximum atomic E-state index is 12.7. The fourth-order valence-corrected chi connectivity index (χ4v) is 2.67. The molecule has 0 amide bonds. The minimum Gasteiger partial charge on any atom is -0.311 e. The predicted molar refractivity (Wildman–Crippen MR) is 90.7 cm³/mol. The number of hydrogen-bond donors (Lipinski definition) is 0. The number of rotatable bonds is 4. The molecule has 116 valence electrons. The second kappa shape index (κ2) is 6.04. The summed E-state index contributed by atoms with van der Waals surface area (Å²) in [4.78, 5) is 25.5. The van der Waals surface area contributed by atoms with Crippen LogP contribution in [0.5, 0.6) is 0 Å². The molecule has 0 aliphatic carbocycles. The van der Waals surface area contributed by atoms with Crippen LogP contribution in [-0.4, -0.2) is 25.3 Å². The third-order valence-corrected chi connectivity index (χ3v) is 3.85. The molecule has 0 aliphatic rings. The van der Waals surface area contributed by atoms with Gasteiger partial charge in [-0.2, -0.15) is 0 Å². The van der Waals surface area contributed by atoms with E-state index in [0.29, 0.717) is 29.0 Å². The van der Waals surface area contributed by atoms with Crippen molar-refractivity contribution in [3.05, 3.63) is 90.1 Å². The van der Waals surface area contributed by atoms with E-state index in [1.165, 1.54) is 6.33 Å². The lowest BCUT2D eigenvalue weighted by molar-refractivity contribution is 0.103. The van der Waals surface area contributed by atoms with Gasteiger partial charge in [-0.25, -0.2) is 15.0 Å². The standard InChI is InChI=1S/C19H14N4O/c24-18(15-9-5-2-6-10-15)16-17-19(21-12-20-16)23(13-22-17)11-14-7-3-1-4-8-14/h1-10,12-13H,11H2. The van der Waals surface area contributed by atoms with Crippen LogP contribution in [-0.2, 0) is 6.54 Å². The molecule has 0 fully saturated rings. The molecule has 0 unspecified atom stereocenters. The van der Waals surface area contributed by atoms with Crippen molar-refractivity contribution < 1.29 is 4.79 Å². The van der Waals surface area contributed by atoms with Crippen molar-refractivity contribution in [1.29, 1.82) is 0 Å². The van der Waals surface area contributed by atoms with Crippen molar-refractivity contribution in [2.75, 3.05) is 0 Å². The second-order valence-electron chi connectivity index (χ2n) is 5.45. The van der Waals surface area contributed by atoms with E-state index in [1.54, 1.807) is 18.5 Å². The van der Waals surface area contributed by atoms with Crippen LogP contribution in [0.15, 0.2) is 73.3 Å². The molecular formula is C19H14N4O. The van der Waals surface area contributed by atoms with Gasteiger partial charge >= 0.3 is 0 Å². The van der Waals surface area contributed by atoms with Gasteiger partial charge in [0.2, 0.25) is 5.78 Å². The molecule has 0 spiro atoms. The number of carbonyl (C=O) groups is 1. The summed E-state index contributed by atoms with van der Waals surface area (Å²) in [6.07, 6.45) is 3.12. The van der Waals surface area contributed by atoms with Crippen molar-refractivity contribution in [3.8, 4) is 0 Å². The fraction of sp³-hybridized carbons (Fsp3) is 0.0526. The average Bonchev–Trinajstić information content (AvgIpc) is 3.06. The van der Waals surface area contributed by atoms with E-state index in [-0.39, 0.29) is 5.78 Å². The van der Waals surface area contributed by atoms with Crippen molar-refractivity contribution in [1.82, 2.24) is 19.5 Å². The molecule has 4 rings (SSSR count). The van der Waals surface area contributed by atoms with Crippen LogP contribution in [0.25, 0.3) is 11.2 Å². The van der Waals surface area contributed by atoms with E-state index >= 15 is 0 Å². The summed E-state index contributed by atoms with van der Waals surface area (Å²) >= 11 is 0. The maximum absolute atomic E-state index is 12.7. The normalized spacial score (nSPS) is 10.8. The van der Waals surface area contributed by atoms with Crippen molar-refractivity contribution >= 4 is 16.9 Å². The van der Waals surface area contributed by atoms with Gasteiger partial charge in [0.25, 0.3) is 0 Å². The van der Waals surface area contributed by atoms with Gasteiger partial charge in [-0.15, -0.1) is 0 Å². The monoisotopic (exact) mass is 314 g/mol. The third kappa shape index (κ3) is 2.56. The molecule has 5 heteroatoms. The number of benzene rings is 2. The van der Waals surface area contributed by atoms with Gasteiger partial charge in [-0.3, -0.25) is 4.79 Å². The molecule has 2 heterocycles. The lowest BCUT2D eigenvalue weighted by atomic mass is 10.1. The highest BCUT2D eigenvalue weighted by Crippen LogP contribution is 2.17. The highest BCUT2D eigenvalue weighted by atomic mass is 16.1. The number of carbonyl (C=O) groups excluding carboxylic acids is 1. The number of hydrogen-bond acceptors (Lipinski definition) is 4. The SMILES string of the molecule is O=C(c1ccccc1)c1ncnc2c1ncn2Cc1ccccc1. The minimum atomic E-state index is -0.145. The topological polar surface area (TPSA) is 60.7 Å². The first-order chi connectivity index (χ1) is 11.8. The fourth-order valence-electron chi connectivity index (χ4n) is 2.67. The maximum Gasteiger partial charge on any atom is 0.213 e. The zero-order valence-electron chi connectivity index (χ0n) is 12.8. The van der Waals surface area contributed by atoms with Gasteiger partial charge in [-0.1, -0.05) is 60.7 Å². The van der Waals surface area contributed by atoms with Crippen molar-refractivity contribution in [3.63, 3.8) is 0 Å². The molecule has 0 saturated heterocycles. The third-order valence-electron chi connectivity index (χ3n) is 3.85. The number of ketones is 1. The Labute approximate surface area is 138 Å². The van der Waals surface area contributed by atoms with E-state index in [0.717, 1.165) is 5.56 Å². The summed E-state index contributed by atoms with van der Waals surface area (Å²) in [5, 5.41) is 0. The molecule has 5 nitrogen and oxygen atoms in total. The summed E-state index contributed by atoms with van der Waals surface area (Å²) in [6, 6.07) is 19.1. The molecule has 0 saturated carbocycles. The lowest BCUT2D eigenvalue weighted by Gasteiger charge is -2.04. The quantitative estimate of drug-likeness (QED) is 0.543. The van der Waals surface area contributed by atoms with Crippen molar-refractivity contribution in [2.45, 2.75) is 6.54 Å².